The van der Waals surface area contributed by atoms with Crippen LogP contribution in [0.25, 0.3) is 0 Å². The van der Waals surface area contributed by atoms with Gasteiger partial charge in [0.15, 0.2) is 6.04 Å². The van der Waals surface area contributed by atoms with Gasteiger partial charge in [-0.1, -0.05) is 40.9 Å². The van der Waals surface area contributed by atoms with Crippen molar-refractivity contribution >= 4 is 34.8 Å². The summed E-state index contributed by atoms with van der Waals surface area (Å²) in [4.78, 5) is 14.4. The fourth-order valence-corrected chi connectivity index (χ4v) is 3.92. The van der Waals surface area contributed by atoms with Crippen molar-refractivity contribution in [2.24, 2.45) is 0 Å². The fourth-order valence-electron chi connectivity index (χ4n) is 3.33. The topological polar surface area (TPSA) is 52.0 Å². The molecule has 2 aromatic carbocycles. The molecule has 144 valence electrons. The number of anilines is 1. The summed E-state index contributed by atoms with van der Waals surface area (Å²) in [5.41, 5.74) is 2.55. The first kappa shape index (κ1) is 20.0. The number of amides is 1. The molecule has 2 N–H and O–H groups in total. The van der Waals surface area contributed by atoms with Gasteiger partial charge in [-0.15, -0.1) is 0 Å². The Kier molecular flexibility index (Phi) is 6.60. The molecule has 27 heavy (non-hydrogen) atoms. The highest BCUT2D eigenvalue weighted by Gasteiger charge is 2.36. The minimum absolute atomic E-state index is 0.132. The molecule has 1 atom stereocenters. The number of aryl methyl sites for hydroxylation is 1. The molecule has 7 heteroatoms. The Labute approximate surface area is 169 Å². The van der Waals surface area contributed by atoms with Crippen LogP contribution in [0.5, 0.6) is 5.75 Å². The smallest absolute Gasteiger partial charge is 0.287 e. The average Bonchev–Trinajstić information content (AvgIpc) is 2.64. The van der Waals surface area contributed by atoms with Gasteiger partial charge in [0, 0.05) is 10.7 Å². The molecule has 1 aliphatic heterocycles. The first-order chi connectivity index (χ1) is 13.0. The first-order valence-electron chi connectivity index (χ1n) is 8.82. The van der Waals surface area contributed by atoms with Crippen molar-refractivity contribution in [2.45, 2.75) is 13.0 Å². The van der Waals surface area contributed by atoms with E-state index in [1.54, 1.807) is 19.2 Å². The lowest BCUT2D eigenvalue weighted by atomic mass is 10.0. The predicted octanol–water partition coefficient (Wildman–Crippen LogP) is 2.91. The van der Waals surface area contributed by atoms with Crippen LogP contribution in [-0.4, -0.2) is 39.3 Å². The summed E-state index contributed by atoms with van der Waals surface area (Å²) < 4.78 is 11.0. The van der Waals surface area contributed by atoms with Crippen molar-refractivity contribution in [1.82, 2.24) is 0 Å². The van der Waals surface area contributed by atoms with Gasteiger partial charge in [0.1, 0.15) is 18.8 Å². The van der Waals surface area contributed by atoms with Crippen molar-refractivity contribution in [3.05, 3.63) is 57.6 Å². The zero-order valence-corrected chi connectivity index (χ0v) is 16.9. The van der Waals surface area contributed by atoms with Gasteiger partial charge in [0.2, 0.25) is 0 Å². The Morgan fingerprint density at radius 1 is 1.19 bits per heavy atom. The van der Waals surface area contributed by atoms with E-state index in [0.29, 0.717) is 47.7 Å². The van der Waals surface area contributed by atoms with E-state index in [1.807, 2.05) is 31.2 Å². The van der Waals surface area contributed by atoms with Crippen molar-refractivity contribution in [1.29, 1.82) is 0 Å². The van der Waals surface area contributed by atoms with E-state index in [4.69, 9.17) is 32.7 Å². The fraction of sp³-hybridized carbons (Fsp3) is 0.350. The largest absolute Gasteiger partial charge is 0.495 e. The lowest BCUT2D eigenvalue weighted by Crippen LogP contribution is -3.15. The maximum atomic E-state index is 13.3. The van der Waals surface area contributed by atoms with Gasteiger partial charge in [-0.05, 0) is 31.2 Å². The molecule has 2 aromatic rings. The highest BCUT2D eigenvalue weighted by Crippen LogP contribution is 2.35. The van der Waals surface area contributed by atoms with E-state index >= 15 is 0 Å². The summed E-state index contributed by atoms with van der Waals surface area (Å²) in [6.07, 6.45) is 0. The Bertz CT molecular complexity index is 806. The number of methoxy groups -OCH3 is 1. The van der Waals surface area contributed by atoms with E-state index in [9.17, 15) is 4.79 Å². The maximum Gasteiger partial charge on any atom is 0.287 e. The normalized spacial score (nSPS) is 16.0. The standard InChI is InChI=1S/C20H22Cl2N2O3/c1-13-3-5-15(6-4-13)23-20(25)18(24-7-9-27-10-8-24)16-11-14(21)12-17(22)19(16)26-2/h3-6,11-12,18H,7-10H2,1-2H3,(H,23,25)/p+1/t18-/m0/s1. The lowest BCUT2D eigenvalue weighted by Gasteiger charge is -2.31. The number of quaternary nitrogens is 1. The minimum Gasteiger partial charge on any atom is -0.495 e. The number of carbonyl (C=O) groups is 1. The second-order valence-corrected chi connectivity index (χ2v) is 7.41. The lowest BCUT2D eigenvalue weighted by molar-refractivity contribution is -0.929. The van der Waals surface area contributed by atoms with Gasteiger partial charge < -0.3 is 19.7 Å². The Hall–Kier alpha value is -1.79. The third-order valence-electron chi connectivity index (χ3n) is 4.68. The van der Waals surface area contributed by atoms with Crippen LogP contribution in [0, 0.1) is 6.92 Å². The van der Waals surface area contributed by atoms with E-state index in [-0.39, 0.29) is 5.91 Å². The van der Waals surface area contributed by atoms with Crippen LogP contribution in [-0.2, 0) is 9.53 Å². The number of hydrogen-bond acceptors (Lipinski definition) is 3. The molecule has 0 spiro atoms. The zero-order valence-electron chi connectivity index (χ0n) is 15.4. The number of morpholine rings is 1. The Balaban J connectivity index is 1.98. The van der Waals surface area contributed by atoms with Gasteiger partial charge in [0.25, 0.3) is 5.91 Å². The summed E-state index contributed by atoms with van der Waals surface area (Å²) in [7, 11) is 1.54. The van der Waals surface area contributed by atoms with E-state index < -0.39 is 6.04 Å². The highest BCUT2D eigenvalue weighted by molar-refractivity contribution is 6.35. The monoisotopic (exact) mass is 409 g/mol. The Morgan fingerprint density at radius 2 is 1.85 bits per heavy atom. The molecule has 0 aromatic heterocycles. The molecule has 0 bridgehead atoms. The number of ether oxygens (including phenoxy) is 2. The van der Waals surface area contributed by atoms with Crippen LogP contribution >= 0.6 is 23.2 Å². The summed E-state index contributed by atoms with van der Waals surface area (Å²) in [6, 6.07) is 10.6. The van der Waals surface area contributed by atoms with Crippen molar-refractivity contribution < 1.29 is 19.2 Å². The molecular weight excluding hydrogens is 387 g/mol. The van der Waals surface area contributed by atoms with Crippen LogP contribution in [0.1, 0.15) is 17.2 Å². The summed E-state index contributed by atoms with van der Waals surface area (Å²) in [5.74, 6) is 0.344. The summed E-state index contributed by atoms with van der Waals surface area (Å²) in [6.45, 7) is 4.62. The number of rotatable bonds is 5. The summed E-state index contributed by atoms with van der Waals surface area (Å²) >= 11 is 12.6. The third-order valence-corrected chi connectivity index (χ3v) is 5.18. The molecule has 1 saturated heterocycles. The second kappa shape index (κ2) is 8.93. The van der Waals surface area contributed by atoms with Crippen molar-refractivity contribution in [2.75, 3.05) is 38.7 Å². The van der Waals surface area contributed by atoms with Crippen molar-refractivity contribution in [3.63, 3.8) is 0 Å². The van der Waals surface area contributed by atoms with Gasteiger partial charge in [-0.25, -0.2) is 0 Å². The van der Waals surface area contributed by atoms with E-state index in [2.05, 4.69) is 5.32 Å². The van der Waals surface area contributed by atoms with Crippen LogP contribution in [0.2, 0.25) is 10.0 Å². The zero-order chi connectivity index (χ0) is 19.4. The molecule has 1 heterocycles. The molecule has 0 aliphatic carbocycles. The predicted molar refractivity (Wildman–Crippen MR) is 107 cm³/mol. The molecule has 3 rings (SSSR count). The Morgan fingerprint density at radius 3 is 2.48 bits per heavy atom. The number of benzene rings is 2. The van der Waals surface area contributed by atoms with Crippen LogP contribution in [0.4, 0.5) is 5.69 Å². The second-order valence-electron chi connectivity index (χ2n) is 6.57. The highest BCUT2D eigenvalue weighted by atomic mass is 35.5. The number of carbonyl (C=O) groups excluding carboxylic acids is 1. The molecule has 0 saturated carbocycles. The van der Waals surface area contributed by atoms with Gasteiger partial charge in [-0.2, -0.15) is 0 Å². The maximum absolute atomic E-state index is 13.3. The minimum atomic E-state index is -0.513. The quantitative estimate of drug-likeness (QED) is 0.797. The molecule has 0 unspecified atom stereocenters. The van der Waals surface area contributed by atoms with E-state index in [1.165, 1.54) is 0 Å². The molecule has 1 aliphatic rings. The van der Waals surface area contributed by atoms with E-state index in [0.717, 1.165) is 16.2 Å². The molecule has 0 radical (unpaired) electrons. The first-order valence-corrected chi connectivity index (χ1v) is 9.58. The van der Waals surface area contributed by atoms with Crippen LogP contribution in [0.15, 0.2) is 36.4 Å². The molecular formula is C20H23Cl2N2O3+. The van der Waals surface area contributed by atoms with Gasteiger partial charge in [-0.3, -0.25) is 4.79 Å². The van der Waals surface area contributed by atoms with Crippen LogP contribution in [0.3, 0.4) is 0 Å². The average molecular weight is 410 g/mol. The number of halogens is 2. The van der Waals surface area contributed by atoms with Crippen LogP contribution < -0.4 is 15.0 Å². The molecule has 1 fully saturated rings. The molecule has 1 amide bonds. The molecule has 5 nitrogen and oxygen atoms in total. The SMILES string of the molecule is COc1c(Cl)cc(Cl)cc1[C@@H](C(=O)Nc1ccc(C)cc1)[NH+]1CCOCC1. The number of hydrogen-bond donors (Lipinski definition) is 2. The van der Waals surface area contributed by atoms with Gasteiger partial charge >= 0.3 is 0 Å². The number of nitrogens with one attached hydrogen (secondary N) is 2. The summed E-state index contributed by atoms with van der Waals surface area (Å²) in [5, 5.41) is 3.87. The van der Waals surface area contributed by atoms with Crippen molar-refractivity contribution in [3.8, 4) is 5.75 Å². The third kappa shape index (κ3) is 4.74. The van der Waals surface area contributed by atoms with Gasteiger partial charge in [0.05, 0.1) is 30.9 Å².